The van der Waals surface area contributed by atoms with Crippen LogP contribution in [0.2, 0.25) is 0 Å². The van der Waals surface area contributed by atoms with Gasteiger partial charge in [-0.3, -0.25) is 4.79 Å². The Hall–Kier alpha value is -1.36. The van der Waals surface area contributed by atoms with Crippen molar-refractivity contribution in [1.82, 2.24) is 15.3 Å². The van der Waals surface area contributed by atoms with Gasteiger partial charge >= 0.3 is 0 Å². The van der Waals surface area contributed by atoms with E-state index in [4.69, 9.17) is 0 Å². The molecule has 5 heteroatoms. The number of H-pyrrole nitrogens is 1. The summed E-state index contributed by atoms with van der Waals surface area (Å²) in [4.78, 5) is 19.0. The van der Waals surface area contributed by atoms with Gasteiger partial charge in [-0.05, 0) is 45.6 Å². The van der Waals surface area contributed by atoms with Crippen molar-refractivity contribution < 1.29 is 0 Å². The van der Waals surface area contributed by atoms with Crippen molar-refractivity contribution in [3.05, 3.63) is 22.2 Å². The van der Waals surface area contributed by atoms with Crippen molar-refractivity contribution >= 4 is 5.82 Å². The maximum Gasteiger partial charge on any atom is 0.252 e. The van der Waals surface area contributed by atoms with Gasteiger partial charge in [0.15, 0.2) is 0 Å². The number of rotatable bonds is 4. The van der Waals surface area contributed by atoms with Gasteiger partial charge in [-0.2, -0.15) is 0 Å². The summed E-state index contributed by atoms with van der Waals surface area (Å²) < 4.78 is 0. The number of anilines is 1. The highest BCUT2D eigenvalue weighted by molar-refractivity contribution is 5.35. The average Bonchev–Trinajstić information content (AvgIpc) is 3.23. The van der Waals surface area contributed by atoms with Crippen molar-refractivity contribution in [2.75, 3.05) is 12.4 Å². The Morgan fingerprint density at radius 2 is 1.84 bits per heavy atom. The van der Waals surface area contributed by atoms with Crippen molar-refractivity contribution in [3.63, 3.8) is 0 Å². The predicted octanol–water partition coefficient (Wildman–Crippen LogP) is 1.59. The van der Waals surface area contributed by atoms with Crippen LogP contribution in [-0.2, 0) is 0 Å². The highest BCUT2D eigenvalue weighted by Gasteiger charge is 2.27. The van der Waals surface area contributed by atoms with Gasteiger partial charge in [0.05, 0.1) is 0 Å². The van der Waals surface area contributed by atoms with Gasteiger partial charge in [0.25, 0.3) is 5.56 Å². The van der Waals surface area contributed by atoms with Crippen LogP contribution < -0.4 is 16.2 Å². The van der Waals surface area contributed by atoms with Crippen molar-refractivity contribution in [2.24, 2.45) is 0 Å². The summed E-state index contributed by atoms with van der Waals surface area (Å²) in [6.07, 6.45) is 6.95. The molecule has 0 spiro atoms. The van der Waals surface area contributed by atoms with E-state index in [-0.39, 0.29) is 5.56 Å². The second-order valence-electron chi connectivity index (χ2n) is 5.77. The van der Waals surface area contributed by atoms with E-state index >= 15 is 0 Å². The highest BCUT2D eigenvalue weighted by atomic mass is 16.1. The van der Waals surface area contributed by atoms with Crippen LogP contribution in [0.4, 0.5) is 5.82 Å². The Bertz CT molecular complexity index is 486. The number of hydrogen-bond acceptors (Lipinski definition) is 4. The minimum absolute atomic E-state index is 0.0386. The standard InChI is InChI=1S/C14H22N4O/c1-15-10-4-6-11(7-5-10)16-12-8-13(19)18-14(17-12)9-2-3-9/h8-11,15H,2-7H2,1H3,(H2,16,17,18,19). The molecule has 2 fully saturated rings. The van der Waals surface area contributed by atoms with E-state index in [1.54, 1.807) is 6.07 Å². The summed E-state index contributed by atoms with van der Waals surface area (Å²) in [5, 5.41) is 6.76. The Balaban J connectivity index is 1.65. The van der Waals surface area contributed by atoms with Crippen molar-refractivity contribution in [2.45, 2.75) is 56.5 Å². The summed E-state index contributed by atoms with van der Waals surface area (Å²) >= 11 is 0. The van der Waals surface area contributed by atoms with Crippen LogP contribution in [0.15, 0.2) is 10.9 Å². The van der Waals surface area contributed by atoms with Crippen LogP contribution in [0.5, 0.6) is 0 Å². The Labute approximate surface area is 113 Å². The molecular weight excluding hydrogens is 240 g/mol. The van der Waals surface area contributed by atoms with E-state index in [2.05, 4.69) is 20.6 Å². The summed E-state index contributed by atoms with van der Waals surface area (Å²) in [6, 6.07) is 2.67. The Morgan fingerprint density at radius 1 is 1.16 bits per heavy atom. The molecule has 2 aliphatic rings. The third-order valence-corrected chi connectivity index (χ3v) is 4.21. The molecule has 0 saturated heterocycles. The van der Waals surface area contributed by atoms with E-state index in [0.29, 0.717) is 18.0 Å². The molecule has 19 heavy (non-hydrogen) atoms. The lowest BCUT2D eigenvalue weighted by Gasteiger charge is -2.29. The molecule has 5 nitrogen and oxygen atoms in total. The van der Waals surface area contributed by atoms with Gasteiger partial charge in [-0.15, -0.1) is 0 Å². The summed E-state index contributed by atoms with van der Waals surface area (Å²) in [7, 11) is 2.03. The second-order valence-corrected chi connectivity index (χ2v) is 5.77. The zero-order valence-electron chi connectivity index (χ0n) is 11.4. The van der Waals surface area contributed by atoms with E-state index in [0.717, 1.165) is 37.3 Å². The molecule has 3 N–H and O–H groups in total. The Kier molecular flexibility index (Phi) is 3.55. The molecule has 1 heterocycles. The highest BCUT2D eigenvalue weighted by Crippen LogP contribution is 2.37. The first-order valence-electron chi connectivity index (χ1n) is 7.29. The molecule has 1 aromatic heterocycles. The third-order valence-electron chi connectivity index (χ3n) is 4.21. The van der Waals surface area contributed by atoms with Gasteiger partial charge in [0.2, 0.25) is 0 Å². The summed E-state index contributed by atoms with van der Waals surface area (Å²) in [6.45, 7) is 0. The minimum Gasteiger partial charge on any atom is -0.367 e. The second kappa shape index (κ2) is 5.33. The lowest BCUT2D eigenvalue weighted by Crippen LogP contribution is -2.35. The lowest BCUT2D eigenvalue weighted by atomic mass is 9.91. The number of hydrogen-bond donors (Lipinski definition) is 3. The molecule has 0 aromatic carbocycles. The third kappa shape index (κ3) is 3.15. The molecule has 1 aromatic rings. The van der Waals surface area contributed by atoms with Crippen molar-refractivity contribution in [3.8, 4) is 0 Å². The molecule has 0 radical (unpaired) electrons. The normalized spacial score (nSPS) is 27.2. The molecule has 0 unspecified atom stereocenters. The molecule has 0 aliphatic heterocycles. The van der Waals surface area contributed by atoms with E-state index < -0.39 is 0 Å². The lowest BCUT2D eigenvalue weighted by molar-refractivity contribution is 0.371. The van der Waals surface area contributed by atoms with Crippen LogP contribution in [0.1, 0.15) is 50.3 Å². The first-order chi connectivity index (χ1) is 9.24. The van der Waals surface area contributed by atoms with Gasteiger partial charge in [-0.1, -0.05) is 0 Å². The molecule has 0 amide bonds. The molecule has 0 atom stereocenters. The average molecular weight is 262 g/mol. The molecule has 3 rings (SSSR count). The number of nitrogens with one attached hydrogen (secondary N) is 3. The quantitative estimate of drug-likeness (QED) is 0.770. The monoisotopic (exact) mass is 262 g/mol. The number of aromatic nitrogens is 2. The van der Waals surface area contributed by atoms with Gasteiger partial charge in [0, 0.05) is 24.1 Å². The van der Waals surface area contributed by atoms with Gasteiger partial charge < -0.3 is 15.6 Å². The fourth-order valence-electron chi connectivity index (χ4n) is 2.84. The fourth-order valence-corrected chi connectivity index (χ4v) is 2.84. The number of aromatic amines is 1. The van der Waals surface area contributed by atoms with E-state index in [1.807, 2.05) is 7.05 Å². The van der Waals surface area contributed by atoms with E-state index in [1.165, 1.54) is 12.8 Å². The van der Waals surface area contributed by atoms with Crippen LogP contribution >= 0.6 is 0 Å². The van der Waals surface area contributed by atoms with Crippen LogP contribution in [-0.4, -0.2) is 29.1 Å². The zero-order chi connectivity index (χ0) is 13.2. The van der Waals surface area contributed by atoms with Gasteiger partial charge in [0.1, 0.15) is 11.6 Å². The maximum absolute atomic E-state index is 11.6. The summed E-state index contributed by atoms with van der Waals surface area (Å²) in [5.41, 5.74) is -0.0386. The molecule has 104 valence electrons. The molecule has 0 bridgehead atoms. The van der Waals surface area contributed by atoms with Crippen molar-refractivity contribution in [1.29, 1.82) is 0 Å². The van der Waals surface area contributed by atoms with Crippen LogP contribution in [0.3, 0.4) is 0 Å². The first-order valence-corrected chi connectivity index (χ1v) is 7.29. The number of nitrogens with zero attached hydrogens (tertiary/aromatic N) is 1. The zero-order valence-corrected chi connectivity index (χ0v) is 11.4. The van der Waals surface area contributed by atoms with Crippen LogP contribution in [0.25, 0.3) is 0 Å². The fraction of sp³-hybridized carbons (Fsp3) is 0.714. The smallest absolute Gasteiger partial charge is 0.252 e. The van der Waals surface area contributed by atoms with Crippen LogP contribution in [0, 0.1) is 0 Å². The van der Waals surface area contributed by atoms with Gasteiger partial charge in [-0.25, -0.2) is 4.98 Å². The Morgan fingerprint density at radius 3 is 2.47 bits per heavy atom. The molecule has 2 saturated carbocycles. The summed E-state index contributed by atoms with van der Waals surface area (Å²) in [5.74, 6) is 2.09. The maximum atomic E-state index is 11.6. The van der Waals surface area contributed by atoms with E-state index in [9.17, 15) is 4.79 Å². The molecule has 2 aliphatic carbocycles. The topological polar surface area (TPSA) is 69.8 Å². The SMILES string of the molecule is CNC1CCC(Nc2cc(=O)[nH]c(C3CC3)n2)CC1. The minimum atomic E-state index is -0.0386. The predicted molar refractivity (Wildman–Crippen MR) is 75.6 cm³/mol. The molecular formula is C14H22N4O. The largest absolute Gasteiger partial charge is 0.367 e. The first kappa shape index (κ1) is 12.7.